The Bertz CT molecular complexity index is 619. The Morgan fingerprint density at radius 3 is 2.75 bits per heavy atom. The maximum atomic E-state index is 4.61. The van der Waals surface area contributed by atoms with Crippen LogP contribution in [0.25, 0.3) is 11.0 Å². The van der Waals surface area contributed by atoms with Gasteiger partial charge < -0.3 is 9.88 Å². The lowest BCUT2D eigenvalue weighted by atomic mass is 9.98. The number of imidazole rings is 1. The number of halogens is 1. The predicted octanol–water partition coefficient (Wildman–Crippen LogP) is 3.43. The second-order valence-electron chi connectivity index (χ2n) is 6.05. The van der Waals surface area contributed by atoms with Crippen LogP contribution < -0.4 is 5.32 Å². The van der Waals surface area contributed by atoms with Crippen molar-refractivity contribution in [3.05, 3.63) is 29.6 Å². The van der Waals surface area contributed by atoms with E-state index in [0.29, 0.717) is 0 Å². The van der Waals surface area contributed by atoms with Crippen molar-refractivity contribution in [3.8, 4) is 0 Å². The molecule has 2 aromatic rings. The minimum Gasteiger partial charge on any atom is -0.331 e. The Balaban J connectivity index is 0.00000121. The number of unbranched alkanes of at least 4 members (excludes halogenated alkanes) is 1. The summed E-state index contributed by atoms with van der Waals surface area (Å²) in [7, 11) is 0. The number of nitrogens with zero attached hydrogens (tertiary/aromatic N) is 2. The molecule has 4 rings (SSSR count). The molecule has 2 heterocycles. The molecule has 2 atom stereocenters. The van der Waals surface area contributed by atoms with Gasteiger partial charge in [0.15, 0.2) is 0 Å². The standard InChI is InChI=1S/C16H21N3.ClH/c1-2-3-4-19-10-18-15-6-13-11-5-12(9-17-8-11)14(13)7-16(15)19;/h6-7,10-12,17H,2-5,8-9H2,1H3;1H. The highest BCUT2D eigenvalue weighted by molar-refractivity contribution is 5.85. The number of hydrogen-bond acceptors (Lipinski definition) is 2. The highest BCUT2D eigenvalue weighted by atomic mass is 35.5. The van der Waals surface area contributed by atoms with Gasteiger partial charge in [0.2, 0.25) is 0 Å². The minimum absolute atomic E-state index is 0. The number of hydrogen-bond donors (Lipinski definition) is 1. The van der Waals surface area contributed by atoms with Crippen molar-refractivity contribution in [3.63, 3.8) is 0 Å². The molecule has 0 saturated carbocycles. The first-order valence-corrected chi connectivity index (χ1v) is 7.56. The van der Waals surface area contributed by atoms with Crippen LogP contribution in [0.5, 0.6) is 0 Å². The SMILES string of the molecule is CCCCn1cnc2cc3c(cc21)C1CNCC3C1.Cl. The van der Waals surface area contributed by atoms with Crippen molar-refractivity contribution in [2.24, 2.45) is 0 Å². The topological polar surface area (TPSA) is 29.9 Å². The quantitative estimate of drug-likeness (QED) is 0.939. The zero-order valence-electron chi connectivity index (χ0n) is 11.9. The van der Waals surface area contributed by atoms with Crippen molar-refractivity contribution < 1.29 is 0 Å². The molecule has 1 aromatic heterocycles. The van der Waals surface area contributed by atoms with Gasteiger partial charge in [-0.25, -0.2) is 4.98 Å². The van der Waals surface area contributed by atoms with Gasteiger partial charge in [0.05, 0.1) is 17.4 Å². The third-order valence-corrected chi connectivity index (χ3v) is 4.81. The van der Waals surface area contributed by atoms with Crippen LogP contribution in [-0.4, -0.2) is 22.6 Å². The maximum absolute atomic E-state index is 4.61. The number of piperidine rings is 1. The lowest BCUT2D eigenvalue weighted by Gasteiger charge is -2.19. The van der Waals surface area contributed by atoms with Crippen molar-refractivity contribution in [1.29, 1.82) is 0 Å². The van der Waals surface area contributed by atoms with Gasteiger partial charge in [-0.3, -0.25) is 0 Å². The number of aryl methyl sites for hydroxylation is 1. The summed E-state index contributed by atoms with van der Waals surface area (Å²) in [5.41, 5.74) is 5.66. The number of fused-ring (bicyclic) bond motifs is 6. The van der Waals surface area contributed by atoms with Gasteiger partial charge in [-0.2, -0.15) is 0 Å². The van der Waals surface area contributed by atoms with Crippen LogP contribution in [0, 0.1) is 0 Å². The first kappa shape index (κ1) is 13.9. The molecular formula is C16H22ClN3. The van der Waals surface area contributed by atoms with E-state index < -0.39 is 0 Å². The maximum Gasteiger partial charge on any atom is 0.0958 e. The van der Waals surface area contributed by atoms with E-state index in [0.717, 1.165) is 31.5 Å². The molecule has 1 aromatic carbocycles. The Labute approximate surface area is 126 Å². The van der Waals surface area contributed by atoms with Crippen molar-refractivity contribution in [1.82, 2.24) is 14.9 Å². The molecule has 1 aliphatic heterocycles. The molecule has 1 aliphatic carbocycles. The molecule has 20 heavy (non-hydrogen) atoms. The van der Waals surface area contributed by atoms with E-state index in [2.05, 4.69) is 33.9 Å². The monoisotopic (exact) mass is 291 g/mol. The highest BCUT2D eigenvalue weighted by Gasteiger charge is 2.34. The summed E-state index contributed by atoms with van der Waals surface area (Å²) in [5, 5.41) is 3.56. The van der Waals surface area contributed by atoms with Crippen LogP contribution in [0.2, 0.25) is 0 Å². The summed E-state index contributed by atoms with van der Waals surface area (Å²) in [5.74, 6) is 1.45. The molecule has 2 aliphatic rings. The van der Waals surface area contributed by atoms with Crippen molar-refractivity contribution in [2.45, 2.75) is 44.6 Å². The molecule has 1 saturated heterocycles. The Kier molecular flexibility index (Phi) is 3.74. The van der Waals surface area contributed by atoms with Gasteiger partial charge in [-0.1, -0.05) is 13.3 Å². The normalized spacial score (nSPS) is 23.6. The second kappa shape index (κ2) is 5.38. The predicted molar refractivity (Wildman–Crippen MR) is 84.9 cm³/mol. The summed E-state index contributed by atoms with van der Waals surface area (Å²) in [6.45, 7) is 5.63. The van der Waals surface area contributed by atoms with Gasteiger partial charge in [0.25, 0.3) is 0 Å². The molecule has 0 radical (unpaired) electrons. The van der Waals surface area contributed by atoms with E-state index in [9.17, 15) is 0 Å². The first-order valence-electron chi connectivity index (χ1n) is 7.56. The molecule has 2 unspecified atom stereocenters. The fourth-order valence-corrected chi connectivity index (χ4v) is 3.77. The molecule has 1 fully saturated rings. The number of benzene rings is 1. The van der Waals surface area contributed by atoms with Crippen molar-refractivity contribution in [2.75, 3.05) is 13.1 Å². The number of aromatic nitrogens is 2. The summed E-state index contributed by atoms with van der Waals surface area (Å²) < 4.78 is 2.33. The third kappa shape index (κ3) is 2.04. The summed E-state index contributed by atoms with van der Waals surface area (Å²) in [4.78, 5) is 4.61. The molecule has 3 nitrogen and oxygen atoms in total. The average molecular weight is 292 g/mol. The lowest BCUT2D eigenvalue weighted by Crippen LogP contribution is -2.28. The zero-order chi connectivity index (χ0) is 12.8. The Morgan fingerprint density at radius 2 is 2.00 bits per heavy atom. The summed E-state index contributed by atoms with van der Waals surface area (Å²) in [6.07, 6.45) is 5.82. The highest BCUT2D eigenvalue weighted by Crippen LogP contribution is 2.44. The minimum atomic E-state index is 0. The van der Waals surface area contributed by atoms with E-state index in [1.54, 1.807) is 11.1 Å². The molecule has 1 N–H and O–H groups in total. The van der Waals surface area contributed by atoms with E-state index in [1.807, 2.05) is 6.33 Å². The van der Waals surface area contributed by atoms with E-state index in [1.165, 1.54) is 30.3 Å². The lowest BCUT2D eigenvalue weighted by molar-refractivity contribution is 0.454. The van der Waals surface area contributed by atoms with Gasteiger partial charge in [-0.05, 0) is 47.9 Å². The first-order chi connectivity index (χ1) is 9.36. The third-order valence-electron chi connectivity index (χ3n) is 4.81. The van der Waals surface area contributed by atoms with Gasteiger partial charge >= 0.3 is 0 Å². The number of rotatable bonds is 3. The van der Waals surface area contributed by atoms with Crippen LogP contribution >= 0.6 is 12.4 Å². The van der Waals surface area contributed by atoms with E-state index in [-0.39, 0.29) is 12.4 Å². The molecule has 2 bridgehead atoms. The van der Waals surface area contributed by atoms with Crippen molar-refractivity contribution >= 4 is 23.4 Å². The zero-order valence-corrected chi connectivity index (χ0v) is 12.7. The second-order valence-corrected chi connectivity index (χ2v) is 6.05. The number of nitrogens with one attached hydrogen (secondary N) is 1. The summed E-state index contributed by atoms with van der Waals surface area (Å²) in [6, 6.07) is 4.77. The smallest absolute Gasteiger partial charge is 0.0958 e. The summed E-state index contributed by atoms with van der Waals surface area (Å²) >= 11 is 0. The van der Waals surface area contributed by atoms with Crippen LogP contribution in [0.1, 0.15) is 49.1 Å². The van der Waals surface area contributed by atoms with E-state index >= 15 is 0 Å². The molecule has 4 heteroatoms. The molecule has 0 amide bonds. The molecule has 108 valence electrons. The Hall–Kier alpha value is -1.06. The van der Waals surface area contributed by atoms with E-state index in [4.69, 9.17) is 0 Å². The van der Waals surface area contributed by atoms with Crippen LogP contribution in [0.4, 0.5) is 0 Å². The fourth-order valence-electron chi connectivity index (χ4n) is 3.77. The largest absolute Gasteiger partial charge is 0.331 e. The van der Waals surface area contributed by atoms with Crippen LogP contribution in [0.15, 0.2) is 18.5 Å². The molecule has 0 spiro atoms. The van der Waals surface area contributed by atoms with Gasteiger partial charge in [-0.15, -0.1) is 12.4 Å². The average Bonchev–Trinajstić information content (AvgIpc) is 2.95. The molecular weight excluding hydrogens is 270 g/mol. The van der Waals surface area contributed by atoms with Gasteiger partial charge in [0.1, 0.15) is 0 Å². The van der Waals surface area contributed by atoms with Gasteiger partial charge in [0, 0.05) is 19.6 Å². The van der Waals surface area contributed by atoms with Crippen LogP contribution in [0.3, 0.4) is 0 Å². The Morgan fingerprint density at radius 1 is 1.25 bits per heavy atom. The fraction of sp³-hybridized carbons (Fsp3) is 0.562. The van der Waals surface area contributed by atoms with Crippen LogP contribution in [-0.2, 0) is 6.54 Å².